The van der Waals surface area contributed by atoms with Gasteiger partial charge < -0.3 is 9.72 Å². The third kappa shape index (κ3) is 5.02. The summed E-state index contributed by atoms with van der Waals surface area (Å²) in [6, 6.07) is 4.93. The van der Waals surface area contributed by atoms with Gasteiger partial charge in [0.1, 0.15) is 17.1 Å². The highest BCUT2D eigenvalue weighted by atomic mass is 35.5. The second-order valence-electron chi connectivity index (χ2n) is 9.21. The van der Waals surface area contributed by atoms with Gasteiger partial charge in [0.15, 0.2) is 5.52 Å². The van der Waals surface area contributed by atoms with Crippen molar-refractivity contribution in [1.29, 1.82) is 0 Å². The minimum atomic E-state index is -3.76. The monoisotopic (exact) mass is 538 g/mol. The molecule has 0 unspecified atom stereocenters. The van der Waals surface area contributed by atoms with E-state index in [1.807, 2.05) is 34.7 Å². The van der Waals surface area contributed by atoms with Gasteiger partial charge in [-0.25, -0.2) is 13.4 Å². The van der Waals surface area contributed by atoms with Crippen molar-refractivity contribution in [2.75, 3.05) is 26.7 Å². The van der Waals surface area contributed by atoms with Gasteiger partial charge in [0.25, 0.3) is 5.56 Å². The number of sulfonamides is 1. The molecular formula is C24H35ClN6O4S. The zero-order chi connectivity index (χ0) is 25.5. The van der Waals surface area contributed by atoms with E-state index in [-0.39, 0.29) is 40.8 Å². The number of likely N-dealkylation sites (N-methyl/N-ethyl adjacent to an activating group) is 1. The zero-order valence-electron chi connectivity index (χ0n) is 21.6. The molecule has 10 nitrogen and oxygen atoms in total. The molecular weight excluding hydrogens is 504 g/mol. The lowest BCUT2D eigenvalue weighted by Gasteiger charge is -2.41. The summed E-state index contributed by atoms with van der Waals surface area (Å²) < 4.78 is 36.1. The number of piperazine rings is 1. The van der Waals surface area contributed by atoms with E-state index in [0.717, 1.165) is 12.1 Å². The summed E-state index contributed by atoms with van der Waals surface area (Å²) in [6.07, 6.45) is 1.54. The first-order valence-electron chi connectivity index (χ1n) is 12.0. The molecule has 1 N–H and O–H groups in total. The number of H-pyrrole nitrogens is 1. The number of hydrogen-bond acceptors (Lipinski definition) is 7. The third-order valence-electron chi connectivity index (χ3n) is 6.72. The van der Waals surface area contributed by atoms with Crippen LogP contribution in [0.5, 0.6) is 5.75 Å². The van der Waals surface area contributed by atoms with E-state index < -0.39 is 10.0 Å². The number of nitrogens with zero attached hydrogens (tertiary/aromatic N) is 5. The van der Waals surface area contributed by atoms with E-state index in [9.17, 15) is 13.2 Å². The van der Waals surface area contributed by atoms with Gasteiger partial charge in [0.2, 0.25) is 10.0 Å². The molecule has 0 bridgehead atoms. The number of ether oxygens (including phenoxy) is 1. The molecule has 1 aromatic carbocycles. The van der Waals surface area contributed by atoms with Crippen LogP contribution in [-0.4, -0.2) is 76.2 Å². The largest absolute Gasteiger partial charge is 0.493 e. The Morgan fingerprint density at radius 2 is 1.81 bits per heavy atom. The van der Waals surface area contributed by atoms with Crippen molar-refractivity contribution in [3.63, 3.8) is 0 Å². The van der Waals surface area contributed by atoms with Gasteiger partial charge in [0.05, 0.1) is 22.8 Å². The lowest BCUT2D eigenvalue weighted by molar-refractivity contribution is 0.105. The Morgan fingerprint density at radius 3 is 2.42 bits per heavy atom. The molecule has 3 heterocycles. The summed E-state index contributed by atoms with van der Waals surface area (Å²) in [6.45, 7) is 9.12. The van der Waals surface area contributed by atoms with Crippen molar-refractivity contribution in [3.05, 3.63) is 34.2 Å². The van der Waals surface area contributed by atoms with Crippen molar-refractivity contribution < 1.29 is 13.2 Å². The molecule has 1 aliphatic heterocycles. The summed E-state index contributed by atoms with van der Waals surface area (Å²) >= 11 is 0. The SMILES string of the molecule is CCCc1nn(C)c2c(=O)[nH]c(-c3cc(S(=O)(=O)N4C[C@@H](C)N(C)[C@@H](C)C4)ccc3OCC)nc12.Cl. The fourth-order valence-electron chi connectivity index (χ4n) is 4.62. The Balaban J connectivity index is 0.00000361. The predicted molar refractivity (Wildman–Crippen MR) is 142 cm³/mol. The van der Waals surface area contributed by atoms with E-state index >= 15 is 0 Å². The lowest BCUT2D eigenvalue weighted by atomic mass is 10.1. The molecule has 1 saturated heterocycles. The minimum absolute atomic E-state index is 0. The van der Waals surface area contributed by atoms with Crippen molar-refractivity contribution in [2.24, 2.45) is 7.05 Å². The molecule has 3 aromatic rings. The van der Waals surface area contributed by atoms with Crippen LogP contribution in [0.2, 0.25) is 0 Å². The Bertz CT molecular complexity index is 1390. The number of nitrogens with one attached hydrogen (secondary N) is 1. The molecule has 0 amide bonds. The number of aromatic nitrogens is 4. The lowest BCUT2D eigenvalue weighted by Crippen LogP contribution is -2.56. The van der Waals surface area contributed by atoms with Crippen molar-refractivity contribution in [3.8, 4) is 17.1 Å². The quantitative estimate of drug-likeness (QED) is 0.492. The van der Waals surface area contributed by atoms with Crippen molar-refractivity contribution in [1.82, 2.24) is 29.0 Å². The average molecular weight is 539 g/mol. The second kappa shape index (κ2) is 10.9. The Morgan fingerprint density at radius 1 is 1.14 bits per heavy atom. The van der Waals surface area contributed by atoms with Crippen LogP contribution in [0.15, 0.2) is 27.9 Å². The highest BCUT2D eigenvalue weighted by molar-refractivity contribution is 7.89. The smallest absolute Gasteiger partial charge is 0.277 e. The molecule has 0 radical (unpaired) electrons. The van der Waals surface area contributed by atoms with Crippen LogP contribution >= 0.6 is 12.4 Å². The normalized spacial score (nSPS) is 19.4. The van der Waals surface area contributed by atoms with E-state index in [2.05, 4.69) is 15.0 Å². The summed E-state index contributed by atoms with van der Waals surface area (Å²) in [5, 5.41) is 4.47. The second-order valence-corrected chi connectivity index (χ2v) is 11.1. The molecule has 198 valence electrons. The maximum absolute atomic E-state index is 13.6. The fourth-order valence-corrected chi connectivity index (χ4v) is 6.25. The summed E-state index contributed by atoms with van der Waals surface area (Å²) in [5.41, 5.74) is 1.73. The number of rotatable bonds is 7. The number of benzene rings is 1. The van der Waals surface area contributed by atoms with Crippen molar-refractivity contribution in [2.45, 2.75) is 57.5 Å². The topological polar surface area (TPSA) is 113 Å². The van der Waals surface area contributed by atoms with Gasteiger partial charge in [-0.15, -0.1) is 12.4 Å². The van der Waals surface area contributed by atoms with Gasteiger partial charge in [-0.1, -0.05) is 13.3 Å². The Labute approximate surface area is 218 Å². The molecule has 0 saturated carbocycles. The van der Waals surface area contributed by atoms with Crippen LogP contribution in [0.1, 0.15) is 39.8 Å². The molecule has 12 heteroatoms. The van der Waals surface area contributed by atoms with Gasteiger partial charge >= 0.3 is 0 Å². The molecule has 36 heavy (non-hydrogen) atoms. The molecule has 1 fully saturated rings. The third-order valence-corrected chi connectivity index (χ3v) is 8.55. The van der Waals surface area contributed by atoms with E-state index in [0.29, 0.717) is 48.5 Å². The number of aromatic amines is 1. The molecule has 0 spiro atoms. The van der Waals surface area contributed by atoms with Gasteiger partial charge in [-0.05, 0) is 52.4 Å². The molecule has 0 aliphatic carbocycles. The van der Waals surface area contributed by atoms with Gasteiger partial charge in [0, 0.05) is 32.2 Å². The Hall–Kier alpha value is -2.47. The van der Waals surface area contributed by atoms with Crippen LogP contribution in [-0.2, 0) is 23.5 Å². The van der Waals surface area contributed by atoms with Gasteiger partial charge in [-0.2, -0.15) is 9.40 Å². The van der Waals surface area contributed by atoms with Crippen LogP contribution in [0, 0.1) is 0 Å². The summed E-state index contributed by atoms with van der Waals surface area (Å²) in [7, 11) is -0.0351. The number of hydrogen-bond donors (Lipinski definition) is 1. The zero-order valence-corrected chi connectivity index (χ0v) is 23.2. The first kappa shape index (κ1) is 28.1. The van der Waals surface area contributed by atoms with Crippen LogP contribution in [0.4, 0.5) is 0 Å². The van der Waals surface area contributed by atoms with Crippen LogP contribution in [0.25, 0.3) is 22.4 Å². The number of fused-ring (bicyclic) bond motifs is 1. The first-order chi connectivity index (χ1) is 16.6. The van der Waals surface area contributed by atoms with Crippen LogP contribution < -0.4 is 10.3 Å². The first-order valence-corrected chi connectivity index (χ1v) is 13.5. The van der Waals surface area contributed by atoms with Gasteiger partial charge in [-0.3, -0.25) is 14.4 Å². The van der Waals surface area contributed by atoms with Crippen molar-refractivity contribution >= 4 is 33.5 Å². The number of aryl methyl sites for hydroxylation is 2. The van der Waals surface area contributed by atoms with E-state index in [1.54, 1.807) is 25.2 Å². The predicted octanol–water partition coefficient (Wildman–Crippen LogP) is 2.81. The minimum Gasteiger partial charge on any atom is -0.493 e. The molecule has 4 rings (SSSR count). The van der Waals surface area contributed by atoms with E-state index in [4.69, 9.17) is 9.72 Å². The average Bonchev–Trinajstić information content (AvgIpc) is 3.13. The van der Waals surface area contributed by atoms with Crippen LogP contribution in [0.3, 0.4) is 0 Å². The maximum atomic E-state index is 13.6. The standard InChI is InChI=1S/C24H34N6O4S.ClH/c1-7-9-19-21-22(29(6)27-19)24(31)26-23(25-21)18-12-17(10-11-20(18)34-8-2)35(32,33)30-13-15(3)28(5)16(4)14-30;/h10-12,15-16H,7-9,13-14H2,1-6H3,(H,25,26,31);1H/t15-,16+;. The maximum Gasteiger partial charge on any atom is 0.277 e. The number of halogens is 1. The highest BCUT2D eigenvalue weighted by Crippen LogP contribution is 2.33. The summed E-state index contributed by atoms with van der Waals surface area (Å²) in [5.74, 6) is 0.712. The molecule has 2 aromatic heterocycles. The fraction of sp³-hybridized carbons (Fsp3) is 0.542. The molecule has 1 aliphatic rings. The molecule has 2 atom stereocenters. The van der Waals surface area contributed by atoms with E-state index in [1.165, 1.54) is 8.99 Å². The highest BCUT2D eigenvalue weighted by Gasteiger charge is 2.35. The Kier molecular flexibility index (Phi) is 8.49. The summed E-state index contributed by atoms with van der Waals surface area (Å²) in [4.78, 5) is 22.8.